The summed E-state index contributed by atoms with van der Waals surface area (Å²) in [5.41, 5.74) is 15.0. The molecule has 784 valence electrons. The van der Waals surface area contributed by atoms with Gasteiger partial charge in [0.2, 0.25) is 65.0 Å². The van der Waals surface area contributed by atoms with E-state index >= 15 is 0 Å². The number of nitrogens with two attached hydrogens (primary N) is 1. The zero-order valence-electron chi connectivity index (χ0n) is 80.3. The summed E-state index contributed by atoms with van der Waals surface area (Å²) < 4.78 is 60.0. The number of carbonyl (C=O) groups is 20. The van der Waals surface area contributed by atoms with Crippen LogP contribution in [0.3, 0.4) is 0 Å². The molecule has 0 aliphatic rings. The van der Waals surface area contributed by atoms with Crippen LogP contribution < -0.4 is 80.8 Å². The third kappa shape index (κ3) is 70.1. The number of primary amides is 1. The van der Waals surface area contributed by atoms with Gasteiger partial charge in [-0.3, -0.25) is 115 Å². The maximum absolute atomic E-state index is 14.6. The Labute approximate surface area is 804 Å². The van der Waals surface area contributed by atoms with Crippen molar-refractivity contribution in [1.82, 2.24) is 75.1 Å². The molecule has 0 rings (SSSR count). The first-order valence-electron chi connectivity index (χ1n) is 45.8. The van der Waals surface area contributed by atoms with Crippen LogP contribution in [0.4, 0.5) is 0 Å². The maximum atomic E-state index is 14.6. The van der Waals surface area contributed by atoms with Crippen molar-refractivity contribution in [2.24, 2.45) is 17.6 Å². The van der Waals surface area contributed by atoms with Crippen molar-refractivity contribution >= 4 is 130 Å². The number of unbranched alkanes of at least 4 members (excludes halogenated alkanes) is 1. The minimum absolute atomic E-state index is 0.000758. The summed E-state index contributed by atoms with van der Waals surface area (Å²) in [5, 5.41) is 25.0. The second-order valence-electron chi connectivity index (χ2n) is 30.4. The van der Waals surface area contributed by atoms with Gasteiger partial charge in [0.05, 0.1) is 83.5 Å². The summed E-state index contributed by atoms with van der Waals surface area (Å²) in [6.07, 6.45) is 0.779. The Kier molecular flexibility index (Phi) is 79.1. The lowest BCUT2D eigenvalue weighted by molar-refractivity contribution is -0.135. The smallest absolute Gasteiger partial charge is 0.248 e. The SMILES string of the molecule is CCCCC(=O)CCC(NC(=O)CONC)C(=O)CCCOCCOCC(=O)NCC(NC(=O)COCCOCCCC(=O)C(CCC(=O)COCC)NC(=O)CONC)C(=O)NC(CNC(=O)C(CCC(=O)COCCOCCCC(=O)C(CCC(=O)COCC)NC(=O)CONC)CC(=O)COCCOCCNC(=O)C(CNC(=O)CONC)CC(=O)COCC)C(=O)NC(CS)C(N)=O. The largest absolute Gasteiger partial charge is 0.379 e. The molecule has 8 atom stereocenters. The lowest BCUT2D eigenvalue weighted by Gasteiger charge is -2.25. The van der Waals surface area contributed by atoms with Crippen molar-refractivity contribution in [3.05, 3.63) is 0 Å². The zero-order chi connectivity index (χ0) is 102. The Bertz CT molecular complexity index is 3580. The van der Waals surface area contributed by atoms with Crippen LogP contribution in [0, 0.1) is 11.8 Å². The Morgan fingerprint density at radius 1 is 0.270 bits per heavy atom. The second kappa shape index (κ2) is 84.8. The lowest BCUT2D eigenvalue weighted by Crippen LogP contribution is -2.61. The second-order valence-corrected chi connectivity index (χ2v) is 30.7. The molecule has 0 fully saturated rings. The molecule has 0 bridgehead atoms. The van der Waals surface area contributed by atoms with Gasteiger partial charge in [-0.25, -0.2) is 21.9 Å². The fourth-order valence-electron chi connectivity index (χ4n) is 11.9. The fourth-order valence-corrected chi connectivity index (χ4v) is 12.2. The van der Waals surface area contributed by atoms with Gasteiger partial charge in [-0.2, -0.15) is 12.6 Å². The molecule has 0 heterocycles. The molecule has 50 nitrogen and oxygen atoms in total. The number of Topliss-reactive ketones (excluding diaryl/α,β-unsaturated/α-hetero) is 9. The molecule has 0 aliphatic carbocycles. The highest BCUT2D eigenvalue weighted by Crippen LogP contribution is 2.16. The van der Waals surface area contributed by atoms with Crippen LogP contribution in [0.15, 0.2) is 0 Å². The minimum atomic E-state index is -1.89. The Balaban J connectivity index is 6.92. The van der Waals surface area contributed by atoms with Crippen LogP contribution in [-0.2, 0) is 167 Å². The number of ketones is 9. The van der Waals surface area contributed by atoms with Gasteiger partial charge >= 0.3 is 0 Å². The number of carbonyl (C=O) groups excluding carboxylic acids is 20. The zero-order valence-corrected chi connectivity index (χ0v) is 81.2. The average molecular weight is 1990 g/mol. The van der Waals surface area contributed by atoms with Crippen molar-refractivity contribution in [3.63, 3.8) is 0 Å². The molecule has 0 spiro atoms. The van der Waals surface area contributed by atoms with Gasteiger partial charge in [-0.05, 0) is 72.1 Å². The monoisotopic (exact) mass is 1980 g/mol. The van der Waals surface area contributed by atoms with E-state index in [2.05, 4.69) is 87.7 Å². The normalized spacial score (nSPS) is 12.9. The number of hydroxylamine groups is 4. The highest BCUT2D eigenvalue weighted by Gasteiger charge is 2.34. The summed E-state index contributed by atoms with van der Waals surface area (Å²) in [6, 6.07) is -8.15. The number of hydrogen-bond acceptors (Lipinski definition) is 40. The third-order valence-corrected chi connectivity index (χ3v) is 19.6. The van der Waals surface area contributed by atoms with Crippen molar-refractivity contribution in [2.75, 3.05) is 232 Å². The van der Waals surface area contributed by atoms with Crippen LogP contribution in [-0.4, -0.2) is 385 Å². The molecule has 51 heteroatoms. The van der Waals surface area contributed by atoms with E-state index in [9.17, 15) is 95.9 Å². The topological polar surface area (TPSA) is 674 Å². The highest BCUT2D eigenvalue weighted by molar-refractivity contribution is 7.80. The predicted molar refractivity (Wildman–Crippen MR) is 488 cm³/mol. The molecular weight excluding hydrogens is 1840 g/mol. The lowest BCUT2D eigenvalue weighted by atomic mass is 9.94. The van der Waals surface area contributed by atoms with Crippen LogP contribution in [0.5, 0.6) is 0 Å². The predicted octanol–water partition coefficient (Wildman–Crippen LogP) is -5.59. The summed E-state index contributed by atoms with van der Waals surface area (Å²) in [4.78, 5) is 282. The summed E-state index contributed by atoms with van der Waals surface area (Å²) >= 11 is 4.11. The van der Waals surface area contributed by atoms with E-state index in [1.807, 2.05) is 6.92 Å². The van der Waals surface area contributed by atoms with Gasteiger partial charge in [0.1, 0.15) is 96.6 Å². The van der Waals surface area contributed by atoms with Crippen LogP contribution in [0.1, 0.15) is 150 Å². The number of rotatable bonds is 96. The van der Waals surface area contributed by atoms with E-state index in [0.717, 1.165) is 6.42 Å². The quantitative estimate of drug-likeness (QED) is 0.0153. The summed E-state index contributed by atoms with van der Waals surface area (Å²) in [6.45, 7) is 0.425. The van der Waals surface area contributed by atoms with Crippen molar-refractivity contribution in [3.8, 4) is 0 Å². The van der Waals surface area contributed by atoms with Crippen molar-refractivity contribution < 1.29 is 167 Å². The number of ether oxygens (including phenoxy) is 11. The molecule has 137 heavy (non-hydrogen) atoms. The highest BCUT2D eigenvalue weighted by atomic mass is 32.1. The molecule has 0 aromatic rings. The number of hydrogen-bond donors (Lipinski definition) is 16. The van der Waals surface area contributed by atoms with Gasteiger partial charge in [-0.15, -0.1) is 0 Å². The van der Waals surface area contributed by atoms with Gasteiger partial charge in [0, 0.05) is 170 Å². The fraction of sp³-hybridized carbons (Fsp3) is 0.767. The Morgan fingerprint density at radius 2 is 0.591 bits per heavy atom. The minimum Gasteiger partial charge on any atom is -0.379 e. The van der Waals surface area contributed by atoms with Crippen molar-refractivity contribution in [2.45, 2.75) is 186 Å². The first kappa shape index (κ1) is 128. The van der Waals surface area contributed by atoms with E-state index in [0.29, 0.717) is 26.1 Å². The first-order chi connectivity index (χ1) is 65.8. The van der Waals surface area contributed by atoms with E-state index < -0.39 is 190 Å². The van der Waals surface area contributed by atoms with Crippen LogP contribution in [0.25, 0.3) is 0 Å². The Hall–Kier alpha value is -9.21. The van der Waals surface area contributed by atoms with Crippen LogP contribution >= 0.6 is 12.6 Å². The van der Waals surface area contributed by atoms with Gasteiger partial charge in [-0.1, -0.05) is 13.3 Å². The molecular formula is C86H149N15O35S. The molecule has 16 N–H and O–H groups in total. The van der Waals surface area contributed by atoms with Crippen molar-refractivity contribution in [1.29, 1.82) is 0 Å². The van der Waals surface area contributed by atoms with E-state index in [4.69, 9.17) is 77.2 Å². The average Bonchev–Trinajstić information content (AvgIpc) is 0.862. The standard InChI is InChI=1S/C86H149N15O35S/c1-9-13-17-61(102)23-26-67(96-79(114)55-134-89-6)73(108)18-14-31-126-35-40-131-52-76(111)94-45-70(99-78(113)53-132-41-36-127-32-16-20-75(110)69(98-81(116)57-136-91-8)28-25-64(105)48-123-11-3)85(120)100-71(86(121)101-72(58-137)82(87)117)46-95-83(118)59(42-65(106)51-130-39-37-128-33-29-92-84(119)60(43-66(107)50-124-12-4)44-93-77(112)54-133-88-5)21-22-62(103)49-129-38-34-125-30-15-19-74(109)68(97-80(115)56-135-90-7)27-24-63(104)47-122-10-2/h59-60,67-72,88-91,137H,9-58H2,1-8H3,(H2,87,117)(H,92,119)(H,93,112)(H,94,111)(H,95,118)(H,96,114)(H,97,115)(H,98,116)(H,99,113)(H,100,120)(H,101,121). The Morgan fingerprint density at radius 3 is 1.01 bits per heavy atom. The molecule has 0 saturated carbocycles. The first-order valence-corrected chi connectivity index (χ1v) is 46.4. The van der Waals surface area contributed by atoms with Crippen LogP contribution in [0.2, 0.25) is 0 Å². The molecule has 0 radical (unpaired) electrons. The maximum Gasteiger partial charge on any atom is 0.248 e. The van der Waals surface area contributed by atoms with E-state index in [1.54, 1.807) is 20.8 Å². The molecule has 0 saturated heterocycles. The van der Waals surface area contributed by atoms with E-state index in [-0.39, 0.29) is 269 Å². The molecule has 0 aliphatic heterocycles. The molecule has 8 unspecified atom stereocenters. The molecule has 11 amide bonds. The molecule has 0 aromatic heterocycles. The van der Waals surface area contributed by atoms with Gasteiger partial charge in [0.15, 0.2) is 46.3 Å². The summed E-state index contributed by atoms with van der Waals surface area (Å²) in [7, 11) is 5.79. The number of amides is 11. The van der Waals surface area contributed by atoms with Gasteiger partial charge < -0.3 is 111 Å². The number of thiol groups is 1. The summed E-state index contributed by atoms with van der Waals surface area (Å²) in [5.74, 6) is -15.2. The third-order valence-electron chi connectivity index (χ3n) is 19.2. The molecule has 0 aromatic carbocycles. The number of nitrogens with one attached hydrogen (secondary N) is 14. The van der Waals surface area contributed by atoms with E-state index in [1.165, 1.54) is 28.2 Å². The van der Waals surface area contributed by atoms with Gasteiger partial charge in [0.25, 0.3) is 0 Å².